The molecule has 0 aliphatic rings. The Balaban J connectivity index is 2.24. The van der Waals surface area contributed by atoms with Gasteiger partial charge in [-0.05, 0) is 28.1 Å². The van der Waals surface area contributed by atoms with Crippen LogP contribution in [-0.2, 0) is 0 Å². The number of aromatic nitrogens is 2. The Morgan fingerprint density at radius 3 is 2.80 bits per heavy atom. The van der Waals surface area contributed by atoms with Crippen molar-refractivity contribution in [2.24, 2.45) is 0 Å². The van der Waals surface area contributed by atoms with Gasteiger partial charge in [0.05, 0.1) is 10.6 Å². The fourth-order valence-corrected chi connectivity index (χ4v) is 2.54. The highest BCUT2D eigenvalue weighted by Gasteiger charge is 2.20. The molecule has 0 amide bonds. The van der Waals surface area contributed by atoms with Crippen molar-refractivity contribution >= 4 is 33.4 Å². The highest BCUT2D eigenvalue weighted by molar-refractivity contribution is 9.10. The van der Waals surface area contributed by atoms with Gasteiger partial charge in [0.2, 0.25) is 5.88 Å². The number of hydrogen-bond donors (Lipinski definition) is 1. The van der Waals surface area contributed by atoms with Gasteiger partial charge < -0.3 is 10.3 Å². The zero-order valence-electron chi connectivity index (χ0n) is 10.2. The molecule has 3 rings (SSSR count). The fraction of sp³-hybridized carbons (Fsp3) is 0. The van der Waals surface area contributed by atoms with Crippen LogP contribution in [0.3, 0.4) is 0 Å². The first-order valence-electron chi connectivity index (χ1n) is 5.78. The van der Waals surface area contributed by atoms with Crippen LogP contribution in [0.15, 0.2) is 51.7 Å². The predicted octanol–water partition coefficient (Wildman–Crippen LogP) is 4.40. The van der Waals surface area contributed by atoms with Gasteiger partial charge in [-0.25, -0.2) is 0 Å². The number of benzene rings is 1. The summed E-state index contributed by atoms with van der Waals surface area (Å²) in [5.74, 6) is 0.240. The monoisotopic (exact) mass is 349 g/mol. The summed E-state index contributed by atoms with van der Waals surface area (Å²) >= 11 is 9.71. The molecule has 3 aromatic rings. The summed E-state index contributed by atoms with van der Waals surface area (Å²) in [5.41, 5.74) is 8.76. The first kappa shape index (κ1) is 13.1. The van der Waals surface area contributed by atoms with Crippen molar-refractivity contribution in [3.05, 3.63) is 52.2 Å². The molecular weight excluding hydrogens is 342 g/mol. The van der Waals surface area contributed by atoms with E-state index < -0.39 is 0 Å². The summed E-state index contributed by atoms with van der Waals surface area (Å²) < 4.78 is 5.91. The third-order valence-corrected chi connectivity index (χ3v) is 4.17. The average molecular weight is 351 g/mol. The maximum atomic E-state index is 6.31. The van der Waals surface area contributed by atoms with Crippen LogP contribution in [0.1, 0.15) is 0 Å². The molecule has 0 aliphatic carbocycles. The first-order valence-corrected chi connectivity index (χ1v) is 6.95. The molecule has 0 bridgehead atoms. The van der Waals surface area contributed by atoms with Gasteiger partial charge in [0.15, 0.2) is 0 Å². The van der Waals surface area contributed by atoms with E-state index in [1.165, 1.54) is 0 Å². The van der Waals surface area contributed by atoms with E-state index in [0.29, 0.717) is 16.3 Å². The molecule has 6 heteroatoms. The highest BCUT2D eigenvalue weighted by Crippen LogP contribution is 2.40. The predicted molar refractivity (Wildman–Crippen MR) is 82.3 cm³/mol. The standard InChI is InChI=1S/C14H9BrClN3O/c15-10-5-1-4-9(12(10)16)13-11(14(17)20-19-13)8-3-2-6-18-7-8/h1-7H,17H2. The zero-order chi connectivity index (χ0) is 14.1. The Morgan fingerprint density at radius 1 is 1.20 bits per heavy atom. The van der Waals surface area contributed by atoms with Crippen molar-refractivity contribution in [2.75, 3.05) is 5.73 Å². The van der Waals surface area contributed by atoms with Crippen molar-refractivity contribution in [1.82, 2.24) is 10.1 Å². The van der Waals surface area contributed by atoms with Gasteiger partial charge in [0.1, 0.15) is 5.69 Å². The lowest BCUT2D eigenvalue weighted by atomic mass is 10.0. The lowest BCUT2D eigenvalue weighted by Gasteiger charge is -2.05. The molecule has 2 N–H and O–H groups in total. The quantitative estimate of drug-likeness (QED) is 0.744. The average Bonchev–Trinajstić information content (AvgIpc) is 2.84. The molecule has 100 valence electrons. The number of nitrogens with zero attached hydrogens (tertiary/aromatic N) is 2. The Morgan fingerprint density at radius 2 is 2.05 bits per heavy atom. The molecule has 0 atom stereocenters. The van der Waals surface area contributed by atoms with E-state index in [2.05, 4.69) is 26.1 Å². The van der Waals surface area contributed by atoms with E-state index >= 15 is 0 Å². The lowest BCUT2D eigenvalue weighted by molar-refractivity contribution is 0.439. The molecular formula is C14H9BrClN3O. The topological polar surface area (TPSA) is 64.9 Å². The van der Waals surface area contributed by atoms with E-state index in [0.717, 1.165) is 15.6 Å². The molecule has 0 radical (unpaired) electrons. The van der Waals surface area contributed by atoms with Crippen LogP contribution in [0, 0.1) is 0 Å². The molecule has 0 saturated carbocycles. The molecule has 2 aromatic heterocycles. The smallest absolute Gasteiger partial charge is 0.230 e. The maximum Gasteiger partial charge on any atom is 0.230 e. The fourth-order valence-electron chi connectivity index (χ4n) is 1.96. The SMILES string of the molecule is Nc1onc(-c2cccc(Br)c2Cl)c1-c1cccnc1. The van der Waals surface area contributed by atoms with Crippen LogP contribution in [-0.4, -0.2) is 10.1 Å². The Bertz CT molecular complexity index is 758. The number of nitrogen functional groups attached to an aromatic ring is 1. The van der Waals surface area contributed by atoms with E-state index in [1.54, 1.807) is 12.4 Å². The molecule has 0 spiro atoms. The third kappa shape index (κ3) is 2.19. The minimum Gasteiger partial charge on any atom is -0.367 e. The van der Waals surface area contributed by atoms with Crippen molar-refractivity contribution in [3.63, 3.8) is 0 Å². The van der Waals surface area contributed by atoms with E-state index in [9.17, 15) is 0 Å². The maximum absolute atomic E-state index is 6.31. The first-order chi connectivity index (χ1) is 9.68. The Labute approximate surface area is 128 Å². The van der Waals surface area contributed by atoms with E-state index in [1.807, 2.05) is 30.3 Å². The summed E-state index contributed by atoms with van der Waals surface area (Å²) in [5, 5.41) is 4.59. The Kier molecular flexibility index (Phi) is 3.46. The number of halogens is 2. The molecule has 2 heterocycles. The van der Waals surface area contributed by atoms with Gasteiger partial charge in [-0.3, -0.25) is 4.98 Å². The van der Waals surface area contributed by atoms with Crippen LogP contribution in [0.2, 0.25) is 5.02 Å². The number of anilines is 1. The van der Waals surface area contributed by atoms with Crippen molar-refractivity contribution in [2.45, 2.75) is 0 Å². The molecule has 0 unspecified atom stereocenters. The Hall–Kier alpha value is -1.85. The second-order valence-electron chi connectivity index (χ2n) is 4.11. The van der Waals surface area contributed by atoms with Crippen molar-refractivity contribution in [1.29, 1.82) is 0 Å². The van der Waals surface area contributed by atoms with Gasteiger partial charge in [0.25, 0.3) is 0 Å². The minimum atomic E-state index is 0.240. The van der Waals surface area contributed by atoms with E-state index in [-0.39, 0.29) is 5.88 Å². The van der Waals surface area contributed by atoms with E-state index in [4.69, 9.17) is 21.9 Å². The van der Waals surface area contributed by atoms with Gasteiger partial charge in [-0.2, -0.15) is 0 Å². The van der Waals surface area contributed by atoms with Gasteiger partial charge in [-0.15, -0.1) is 0 Å². The molecule has 1 aromatic carbocycles. The van der Waals surface area contributed by atoms with Gasteiger partial charge >= 0.3 is 0 Å². The number of hydrogen-bond acceptors (Lipinski definition) is 4. The summed E-state index contributed by atoms with van der Waals surface area (Å²) in [6, 6.07) is 9.33. The molecule has 0 fully saturated rings. The molecule has 20 heavy (non-hydrogen) atoms. The van der Waals surface area contributed by atoms with Crippen LogP contribution < -0.4 is 5.73 Å². The van der Waals surface area contributed by atoms with Crippen LogP contribution >= 0.6 is 27.5 Å². The summed E-state index contributed by atoms with van der Waals surface area (Å²) in [6.45, 7) is 0. The van der Waals surface area contributed by atoms with Gasteiger partial charge in [-0.1, -0.05) is 35.0 Å². The summed E-state index contributed by atoms with van der Waals surface area (Å²) in [6.07, 6.45) is 3.40. The largest absolute Gasteiger partial charge is 0.367 e. The van der Waals surface area contributed by atoms with Crippen molar-refractivity contribution in [3.8, 4) is 22.4 Å². The zero-order valence-corrected chi connectivity index (χ0v) is 12.5. The summed E-state index contributed by atoms with van der Waals surface area (Å²) in [4.78, 5) is 4.09. The van der Waals surface area contributed by atoms with Crippen LogP contribution in [0.25, 0.3) is 22.4 Å². The second kappa shape index (κ2) is 5.26. The summed E-state index contributed by atoms with van der Waals surface area (Å²) in [7, 11) is 0. The molecule has 0 saturated heterocycles. The van der Waals surface area contributed by atoms with Gasteiger partial charge in [0, 0.05) is 28.0 Å². The second-order valence-corrected chi connectivity index (χ2v) is 5.35. The van der Waals surface area contributed by atoms with Crippen LogP contribution in [0.5, 0.6) is 0 Å². The third-order valence-electron chi connectivity index (χ3n) is 2.88. The number of nitrogens with two attached hydrogens (primary N) is 1. The van der Waals surface area contributed by atoms with Crippen molar-refractivity contribution < 1.29 is 4.52 Å². The minimum absolute atomic E-state index is 0.240. The number of rotatable bonds is 2. The molecule has 0 aliphatic heterocycles. The highest BCUT2D eigenvalue weighted by atomic mass is 79.9. The molecule has 4 nitrogen and oxygen atoms in total. The van der Waals surface area contributed by atoms with Crippen LogP contribution in [0.4, 0.5) is 5.88 Å². The number of pyridine rings is 1. The lowest BCUT2D eigenvalue weighted by Crippen LogP contribution is -1.89. The normalized spacial score (nSPS) is 10.7.